The lowest BCUT2D eigenvalue weighted by atomic mass is 9.96. The van der Waals surface area contributed by atoms with Crippen LogP contribution in [0.3, 0.4) is 0 Å². The number of nitrogens with zero attached hydrogens (tertiary/aromatic N) is 1. The Bertz CT molecular complexity index is 485. The van der Waals surface area contributed by atoms with E-state index in [0.29, 0.717) is 13.2 Å². The molecule has 1 aromatic carbocycles. The number of benzene rings is 1. The number of rotatable bonds is 5. The maximum absolute atomic E-state index is 11.7. The summed E-state index contributed by atoms with van der Waals surface area (Å²) in [4.78, 5) is 14.0. The van der Waals surface area contributed by atoms with Crippen LogP contribution in [0.5, 0.6) is 0 Å². The maximum Gasteiger partial charge on any atom is 0.309 e. The fourth-order valence-corrected chi connectivity index (χ4v) is 2.94. The third kappa shape index (κ3) is 4.43. The molecule has 5 heteroatoms. The van der Waals surface area contributed by atoms with E-state index in [2.05, 4.69) is 4.90 Å². The number of nitrogens with two attached hydrogens (primary N) is 1. The van der Waals surface area contributed by atoms with Crippen molar-refractivity contribution in [2.24, 2.45) is 11.7 Å². The number of esters is 1. The molecule has 1 aromatic rings. The van der Waals surface area contributed by atoms with Crippen LogP contribution in [0.1, 0.15) is 30.9 Å². The van der Waals surface area contributed by atoms with Gasteiger partial charge in [-0.1, -0.05) is 23.7 Å². The van der Waals surface area contributed by atoms with Crippen molar-refractivity contribution in [2.75, 3.05) is 19.7 Å². The molecule has 0 aliphatic carbocycles. The van der Waals surface area contributed by atoms with Gasteiger partial charge in [0.1, 0.15) is 0 Å². The predicted molar refractivity (Wildman–Crippen MR) is 84.0 cm³/mol. The predicted octanol–water partition coefficient (Wildman–Crippen LogP) is 2.57. The summed E-state index contributed by atoms with van der Waals surface area (Å²) in [6.07, 6.45) is 1.72. The summed E-state index contributed by atoms with van der Waals surface area (Å²) in [5, 5.41) is 0.769. The first-order valence-electron chi connectivity index (χ1n) is 7.50. The molecule has 1 fully saturated rings. The Labute approximate surface area is 131 Å². The molecule has 1 aliphatic heterocycles. The van der Waals surface area contributed by atoms with E-state index in [1.165, 1.54) is 0 Å². The van der Waals surface area contributed by atoms with Gasteiger partial charge in [0.15, 0.2) is 0 Å². The lowest BCUT2D eigenvalue weighted by Crippen LogP contribution is -2.36. The summed E-state index contributed by atoms with van der Waals surface area (Å²) in [5.41, 5.74) is 7.77. The number of carbonyl (C=O) groups is 1. The van der Waals surface area contributed by atoms with Gasteiger partial charge in [0, 0.05) is 18.1 Å². The second kappa shape index (κ2) is 7.78. The summed E-state index contributed by atoms with van der Waals surface area (Å²) in [5.74, 6) is -0.00114. The van der Waals surface area contributed by atoms with Gasteiger partial charge in [0.05, 0.1) is 12.5 Å². The second-order valence-electron chi connectivity index (χ2n) is 5.43. The molecule has 0 radical (unpaired) electrons. The average Bonchev–Trinajstić information content (AvgIpc) is 2.50. The average molecular weight is 311 g/mol. The third-order valence-electron chi connectivity index (χ3n) is 3.95. The van der Waals surface area contributed by atoms with Gasteiger partial charge in [-0.05, 0) is 50.0 Å². The van der Waals surface area contributed by atoms with Gasteiger partial charge in [-0.15, -0.1) is 0 Å². The fraction of sp³-hybridized carbons (Fsp3) is 0.562. The molecule has 0 amide bonds. The third-order valence-corrected chi connectivity index (χ3v) is 4.31. The van der Waals surface area contributed by atoms with Crippen molar-refractivity contribution < 1.29 is 9.53 Å². The Morgan fingerprint density at radius 2 is 2.14 bits per heavy atom. The van der Waals surface area contributed by atoms with E-state index in [1.807, 2.05) is 25.1 Å². The normalized spacial score (nSPS) is 16.9. The van der Waals surface area contributed by atoms with E-state index in [1.54, 1.807) is 0 Å². The molecule has 1 saturated heterocycles. The van der Waals surface area contributed by atoms with Crippen LogP contribution in [-0.2, 0) is 22.6 Å². The summed E-state index contributed by atoms with van der Waals surface area (Å²) < 4.78 is 5.09. The number of ether oxygens (including phenoxy) is 1. The highest BCUT2D eigenvalue weighted by molar-refractivity contribution is 6.31. The van der Waals surface area contributed by atoms with E-state index in [-0.39, 0.29) is 11.9 Å². The highest BCUT2D eigenvalue weighted by Crippen LogP contribution is 2.24. The summed E-state index contributed by atoms with van der Waals surface area (Å²) in [7, 11) is 0. The van der Waals surface area contributed by atoms with E-state index >= 15 is 0 Å². The zero-order valence-electron chi connectivity index (χ0n) is 12.5. The van der Waals surface area contributed by atoms with Gasteiger partial charge >= 0.3 is 5.97 Å². The Morgan fingerprint density at radius 3 is 2.71 bits per heavy atom. The number of carbonyl (C=O) groups excluding carboxylic acids is 1. The van der Waals surface area contributed by atoms with Gasteiger partial charge in [-0.3, -0.25) is 9.69 Å². The maximum atomic E-state index is 11.7. The van der Waals surface area contributed by atoms with Gasteiger partial charge in [-0.2, -0.15) is 0 Å². The fourth-order valence-electron chi connectivity index (χ4n) is 2.67. The first-order chi connectivity index (χ1) is 10.1. The van der Waals surface area contributed by atoms with Crippen molar-refractivity contribution in [1.29, 1.82) is 0 Å². The first-order valence-corrected chi connectivity index (χ1v) is 7.88. The van der Waals surface area contributed by atoms with Crippen molar-refractivity contribution in [3.63, 3.8) is 0 Å². The molecule has 0 aromatic heterocycles. The van der Waals surface area contributed by atoms with Crippen LogP contribution >= 0.6 is 11.6 Å². The van der Waals surface area contributed by atoms with Gasteiger partial charge in [0.2, 0.25) is 0 Å². The summed E-state index contributed by atoms with van der Waals surface area (Å²) in [6.45, 7) is 5.43. The second-order valence-corrected chi connectivity index (χ2v) is 5.84. The smallest absolute Gasteiger partial charge is 0.309 e. The Hall–Kier alpha value is -1.10. The van der Waals surface area contributed by atoms with Crippen molar-refractivity contribution in [3.8, 4) is 0 Å². The zero-order valence-corrected chi connectivity index (χ0v) is 13.2. The van der Waals surface area contributed by atoms with E-state index in [4.69, 9.17) is 22.1 Å². The van der Waals surface area contributed by atoms with Gasteiger partial charge in [-0.25, -0.2) is 0 Å². The highest BCUT2D eigenvalue weighted by Gasteiger charge is 2.26. The lowest BCUT2D eigenvalue weighted by Gasteiger charge is -2.31. The zero-order chi connectivity index (χ0) is 15.2. The minimum Gasteiger partial charge on any atom is -0.466 e. The molecular weight excluding hydrogens is 288 g/mol. The Balaban J connectivity index is 1.87. The van der Waals surface area contributed by atoms with Crippen molar-refractivity contribution in [3.05, 3.63) is 34.3 Å². The van der Waals surface area contributed by atoms with E-state index < -0.39 is 0 Å². The number of hydrogen-bond acceptors (Lipinski definition) is 4. The topological polar surface area (TPSA) is 55.6 Å². The molecule has 0 spiro atoms. The van der Waals surface area contributed by atoms with Gasteiger partial charge < -0.3 is 10.5 Å². The number of likely N-dealkylation sites (tertiary alicyclic amines) is 1. The Kier molecular flexibility index (Phi) is 6.03. The standard InChI is InChI=1S/C16H23ClN2O2/c1-2-21-16(20)13-5-7-19(8-6-13)11-14-4-3-12(10-18)9-15(14)17/h3-4,9,13H,2,5-8,10-11,18H2,1H3. The molecule has 4 nitrogen and oxygen atoms in total. The van der Waals surface area contributed by atoms with Gasteiger partial charge in [0.25, 0.3) is 0 Å². The van der Waals surface area contributed by atoms with Crippen LogP contribution in [0.15, 0.2) is 18.2 Å². The van der Waals surface area contributed by atoms with Crippen molar-refractivity contribution in [2.45, 2.75) is 32.9 Å². The van der Waals surface area contributed by atoms with Crippen LogP contribution in [-0.4, -0.2) is 30.6 Å². The molecular formula is C16H23ClN2O2. The van der Waals surface area contributed by atoms with Crippen LogP contribution in [0, 0.1) is 5.92 Å². The molecule has 21 heavy (non-hydrogen) atoms. The number of piperidine rings is 1. The first kappa shape index (κ1) is 16.3. The molecule has 0 bridgehead atoms. The van der Waals surface area contributed by atoms with Crippen LogP contribution < -0.4 is 5.73 Å². The monoisotopic (exact) mass is 310 g/mol. The largest absolute Gasteiger partial charge is 0.466 e. The minimum absolute atomic E-state index is 0.0521. The molecule has 2 rings (SSSR count). The van der Waals surface area contributed by atoms with Crippen molar-refractivity contribution in [1.82, 2.24) is 4.90 Å². The van der Waals surface area contributed by atoms with Crippen LogP contribution in [0.25, 0.3) is 0 Å². The Morgan fingerprint density at radius 1 is 1.43 bits per heavy atom. The minimum atomic E-state index is -0.0533. The molecule has 0 unspecified atom stereocenters. The van der Waals surface area contributed by atoms with E-state index in [0.717, 1.165) is 48.6 Å². The quantitative estimate of drug-likeness (QED) is 0.849. The molecule has 1 aliphatic rings. The number of halogens is 1. The molecule has 0 atom stereocenters. The summed E-state index contributed by atoms with van der Waals surface area (Å²) in [6, 6.07) is 6.00. The molecule has 2 N–H and O–H groups in total. The number of hydrogen-bond donors (Lipinski definition) is 1. The molecule has 116 valence electrons. The lowest BCUT2D eigenvalue weighted by molar-refractivity contribution is -0.149. The SMILES string of the molecule is CCOC(=O)C1CCN(Cc2ccc(CN)cc2Cl)CC1. The van der Waals surface area contributed by atoms with Crippen LogP contribution in [0.4, 0.5) is 0 Å². The summed E-state index contributed by atoms with van der Waals surface area (Å²) >= 11 is 6.29. The van der Waals surface area contributed by atoms with Crippen molar-refractivity contribution >= 4 is 17.6 Å². The molecule has 0 saturated carbocycles. The molecule has 1 heterocycles. The van der Waals surface area contributed by atoms with E-state index in [9.17, 15) is 4.79 Å². The van der Waals surface area contributed by atoms with Crippen LogP contribution in [0.2, 0.25) is 5.02 Å². The highest BCUT2D eigenvalue weighted by atomic mass is 35.5.